The van der Waals surface area contributed by atoms with E-state index in [-0.39, 0.29) is 13.0 Å². The fourth-order valence-corrected chi connectivity index (χ4v) is 3.32. The summed E-state index contributed by atoms with van der Waals surface area (Å²) in [6.45, 7) is 4.45. The number of benzene rings is 1. The molecule has 1 N–H and O–H groups in total. The second kappa shape index (κ2) is 8.56. The molecule has 1 saturated heterocycles. The number of ether oxygens (including phenoxy) is 1. The molecule has 1 aliphatic heterocycles. The summed E-state index contributed by atoms with van der Waals surface area (Å²) in [7, 11) is 0. The molecule has 8 heteroatoms. The van der Waals surface area contributed by atoms with Crippen LogP contribution in [0.25, 0.3) is 0 Å². The highest BCUT2D eigenvalue weighted by atomic mass is 19.4. The van der Waals surface area contributed by atoms with Crippen molar-refractivity contribution in [2.45, 2.75) is 38.1 Å². The third kappa shape index (κ3) is 4.68. The standard InChI is InChI=1S/C19H22F3NO4/c1-3-14(19(20,21)22)16(15(24)4-2)17(25)23-13(11-27-18(23)26)10-12-8-6-5-7-9-12/h4-9,13-16,24H,2-3,10-11H2,1H3/t13-,14+,15+,16-/m0/s1. The number of rotatable bonds is 7. The van der Waals surface area contributed by atoms with Crippen molar-refractivity contribution in [3.8, 4) is 0 Å². The minimum Gasteiger partial charge on any atom is -0.447 e. The first-order chi connectivity index (χ1) is 12.7. The van der Waals surface area contributed by atoms with Gasteiger partial charge < -0.3 is 9.84 Å². The predicted octanol–water partition coefficient (Wildman–Crippen LogP) is 3.33. The third-order valence-corrected chi connectivity index (χ3v) is 4.70. The van der Waals surface area contributed by atoms with Gasteiger partial charge in [-0.05, 0) is 18.4 Å². The molecule has 0 saturated carbocycles. The largest absolute Gasteiger partial charge is 0.447 e. The van der Waals surface area contributed by atoms with E-state index in [1.165, 1.54) is 6.92 Å². The van der Waals surface area contributed by atoms with Crippen LogP contribution in [0.2, 0.25) is 0 Å². The van der Waals surface area contributed by atoms with Gasteiger partial charge in [-0.3, -0.25) is 4.79 Å². The van der Waals surface area contributed by atoms with Gasteiger partial charge >= 0.3 is 12.3 Å². The molecular formula is C19H22F3NO4. The van der Waals surface area contributed by atoms with Crippen molar-refractivity contribution in [3.05, 3.63) is 48.6 Å². The number of amides is 2. The van der Waals surface area contributed by atoms with E-state index in [4.69, 9.17) is 4.74 Å². The highest BCUT2D eigenvalue weighted by Gasteiger charge is 2.52. The van der Waals surface area contributed by atoms with Crippen molar-refractivity contribution >= 4 is 12.0 Å². The van der Waals surface area contributed by atoms with E-state index >= 15 is 0 Å². The molecule has 0 bridgehead atoms. The number of imide groups is 1. The molecule has 0 spiro atoms. The molecule has 2 amide bonds. The molecule has 1 heterocycles. The Balaban J connectivity index is 2.33. The number of nitrogens with zero attached hydrogens (tertiary/aromatic N) is 1. The van der Waals surface area contributed by atoms with Crippen LogP contribution in [0.1, 0.15) is 18.9 Å². The second-order valence-corrected chi connectivity index (χ2v) is 6.44. The summed E-state index contributed by atoms with van der Waals surface area (Å²) in [5.74, 6) is -5.07. The van der Waals surface area contributed by atoms with Gasteiger partial charge in [-0.1, -0.05) is 43.3 Å². The van der Waals surface area contributed by atoms with Gasteiger partial charge in [0.2, 0.25) is 5.91 Å². The fraction of sp³-hybridized carbons (Fsp3) is 0.474. The number of carbonyl (C=O) groups is 2. The highest BCUT2D eigenvalue weighted by Crippen LogP contribution is 2.38. The molecule has 5 nitrogen and oxygen atoms in total. The van der Waals surface area contributed by atoms with E-state index in [9.17, 15) is 27.9 Å². The average Bonchev–Trinajstić information content (AvgIpc) is 2.98. The van der Waals surface area contributed by atoms with Gasteiger partial charge in [0.15, 0.2) is 0 Å². The number of hydrogen-bond acceptors (Lipinski definition) is 4. The normalized spacial score (nSPS) is 20.7. The highest BCUT2D eigenvalue weighted by molar-refractivity contribution is 5.95. The van der Waals surface area contributed by atoms with Gasteiger partial charge in [-0.2, -0.15) is 13.2 Å². The van der Waals surface area contributed by atoms with Crippen LogP contribution in [0.5, 0.6) is 0 Å². The molecule has 1 fully saturated rings. The smallest absolute Gasteiger partial charge is 0.416 e. The summed E-state index contributed by atoms with van der Waals surface area (Å²) >= 11 is 0. The van der Waals surface area contributed by atoms with Gasteiger partial charge in [0, 0.05) is 0 Å². The summed E-state index contributed by atoms with van der Waals surface area (Å²) in [5, 5.41) is 10.1. The number of hydrogen-bond donors (Lipinski definition) is 1. The first kappa shape index (κ1) is 21.0. The average molecular weight is 385 g/mol. The lowest BCUT2D eigenvalue weighted by atomic mass is 9.83. The number of cyclic esters (lactones) is 1. The van der Waals surface area contributed by atoms with E-state index in [2.05, 4.69) is 6.58 Å². The fourth-order valence-electron chi connectivity index (χ4n) is 3.32. The molecule has 0 aromatic heterocycles. The first-order valence-corrected chi connectivity index (χ1v) is 8.61. The van der Waals surface area contributed by atoms with Crippen LogP contribution in [0.3, 0.4) is 0 Å². The number of carbonyl (C=O) groups excluding carboxylic acids is 2. The van der Waals surface area contributed by atoms with Crippen LogP contribution in [0, 0.1) is 11.8 Å². The quantitative estimate of drug-likeness (QED) is 0.731. The van der Waals surface area contributed by atoms with Crippen LogP contribution in [0.15, 0.2) is 43.0 Å². The molecule has 1 aromatic rings. The lowest BCUT2D eigenvalue weighted by molar-refractivity contribution is -0.201. The lowest BCUT2D eigenvalue weighted by Gasteiger charge is -2.32. The van der Waals surface area contributed by atoms with Crippen LogP contribution in [0.4, 0.5) is 18.0 Å². The zero-order chi connectivity index (χ0) is 20.2. The first-order valence-electron chi connectivity index (χ1n) is 8.61. The summed E-state index contributed by atoms with van der Waals surface area (Å²) < 4.78 is 45.2. The van der Waals surface area contributed by atoms with Crippen LogP contribution < -0.4 is 0 Å². The van der Waals surface area contributed by atoms with Gasteiger partial charge in [0.25, 0.3) is 0 Å². The Hall–Kier alpha value is -2.35. The number of halogens is 3. The summed E-state index contributed by atoms with van der Waals surface area (Å²) in [6, 6.07) is 8.19. The number of aliphatic hydroxyl groups excluding tert-OH is 1. The van der Waals surface area contributed by atoms with Gasteiger partial charge in [0.05, 0.1) is 24.0 Å². The summed E-state index contributed by atoms with van der Waals surface area (Å²) in [4.78, 5) is 25.7. The molecule has 0 aliphatic carbocycles. The Labute approximate surface area is 155 Å². The molecule has 1 aromatic carbocycles. The molecule has 2 rings (SSSR count). The number of aliphatic hydroxyl groups is 1. The Morgan fingerprint density at radius 2 is 2.04 bits per heavy atom. The van der Waals surface area contributed by atoms with Crippen molar-refractivity contribution in [3.63, 3.8) is 0 Å². The van der Waals surface area contributed by atoms with E-state index in [1.54, 1.807) is 30.3 Å². The van der Waals surface area contributed by atoms with Gasteiger partial charge in [-0.15, -0.1) is 6.58 Å². The van der Waals surface area contributed by atoms with Crippen molar-refractivity contribution in [2.24, 2.45) is 11.8 Å². The Bertz CT molecular complexity index is 677. The van der Waals surface area contributed by atoms with E-state index in [1.807, 2.05) is 0 Å². The zero-order valence-corrected chi connectivity index (χ0v) is 14.9. The third-order valence-electron chi connectivity index (χ3n) is 4.70. The lowest BCUT2D eigenvalue weighted by Crippen LogP contribution is -2.51. The molecule has 4 atom stereocenters. The SMILES string of the molecule is C=C[C@@H](O)[C@@H](C(=O)N1C(=O)OC[C@@H]1Cc1ccccc1)[C@@H](CC)C(F)(F)F. The maximum absolute atomic E-state index is 13.4. The Morgan fingerprint density at radius 3 is 2.56 bits per heavy atom. The maximum Gasteiger partial charge on any atom is 0.416 e. The van der Waals surface area contributed by atoms with Gasteiger partial charge in [0.1, 0.15) is 6.61 Å². The second-order valence-electron chi connectivity index (χ2n) is 6.44. The van der Waals surface area contributed by atoms with E-state index < -0.39 is 48.6 Å². The summed E-state index contributed by atoms with van der Waals surface area (Å²) in [6.07, 6.45) is -6.74. The minimum absolute atomic E-state index is 0.112. The van der Waals surface area contributed by atoms with Crippen molar-refractivity contribution in [2.75, 3.05) is 6.61 Å². The van der Waals surface area contributed by atoms with Crippen molar-refractivity contribution in [1.29, 1.82) is 0 Å². The van der Waals surface area contributed by atoms with Crippen LogP contribution >= 0.6 is 0 Å². The summed E-state index contributed by atoms with van der Waals surface area (Å²) in [5.41, 5.74) is 0.808. The van der Waals surface area contributed by atoms with Crippen LogP contribution in [-0.2, 0) is 16.0 Å². The van der Waals surface area contributed by atoms with E-state index in [0.29, 0.717) is 4.90 Å². The van der Waals surface area contributed by atoms with Crippen LogP contribution in [-0.4, -0.2) is 46.9 Å². The Kier molecular flexibility index (Phi) is 6.64. The molecule has 1 aliphatic rings. The zero-order valence-electron chi connectivity index (χ0n) is 14.9. The molecule has 148 valence electrons. The van der Waals surface area contributed by atoms with E-state index in [0.717, 1.165) is 11.6 Å². The minimum atomic E-state index is -4.71. The topological polar surface area (TPSA) is 66.8 Å². The molecular weight excluding hydrogens is 363 g/mol. The predicted molar refractivity (Wildman–Crippen MR) is 91.7 cm³/mol. The Morgan fingerprint density at radius 1 is 1.41 bits per heavy atom. The molecule has 0 radical (unpaired) electrons. The number of alkyl halides is 3. The van der Waals surface area contributed by atoms with Crippen molar-refractivity contribution in [1.82, 2.24) is 4.90 Å². The van der Waals surface area contributed by atoms with Gasteiger partial charge in [-0.25, -0.2) is 9.69 Å². The molecule has 27 heavy (non-hydrogen) atoms. The maximum atomic E-state index is 13.4. The van der Waals surface area contributed by atoms with Crippen molar-refractivity contribution < 1.29 is 32.6 Å². The molecule has 0 unspecified atom stereocenters. The monoisotopic (exact) mass is 385 g/mol.